The van der Waals surface area contributed by atoms with Crippen LogP contribution in [-0.4, -0.2) is 23.8 Å². The van der Waals surface area contributed by atoms with Crippen LogP contribution < -0.4 is 0 Å². The van der Waals surface area contributed by atoms with Gasteiger partial charge in [-0.3, -0.25) is 0 Å². The SMILES string of the molecule is CC12O[C@@H](C#N)C3CC4C(C31)C(C)(O[C@@H]4C#N)O2. The Bertz CT molecular complexity index is 465. The molecule has 3 aliphatic heterocycles. The maximum absolute atomic E-state index is 9.19. The van der Waals surface area contributed by atoms with Crippen LogP contribution in [0.3, 0.4) is 0 Å². The molecule has 0 spiro atoms. The molecular formula is C13H14N2O3. The van der Waals surface area contributed by atoms with Gasteiger partial charge in [0.05, 0.1) is 12.1 Å². The van der Waals surface area contributed by atoms with Crippen molar-refractivity contribution < 1.29 is 14.2 Å². The lowest BCUT2D eigenvalue weighted by atomic mass is 9.81. The molecule has 0 aromatic heterocycles. The number of nitrogens with zero attached hydrogens (tertiary/aromatic N) is 2. The van der Waals surface area contributed by atoms with Crippen LogP contribution in [0.4, 0.5) is 0 Å². The molecule has 1 aliphatic carbocycles. The summed E-state index contributed by atoms with van der Waals surface area (Å²) in [5.74, 6) is -0.738. The molecule has 3 saturated heterocycles. The van der Waals surface area contributed by atoms with Gasteiger partial charge in [0, 0.05) is 23.7 Å². The fraction of sp³-hybridized carbons (Fsp3) is 0.846. The van der Waals surface area contributed by atoms with Crippen molar-refractivity contribution in [3.05, 3.63) is 0 Å². The van der Waals surface area contributed by atoms with Crippen molar-refractivity contribution in [2.24, 2.45) is 23.7 Å². The highest BCUT2D eigenvalue weighted by Gasteiger charge is 2.77. The first kappa shape index (κ1) is 10.8. The summed E-state index contributed by atoms with van der Waals surface area (Å²) in [5, 5.41) is 18.4. The molecule has 3 heterocycles. The third-order valence-corrected chi connectivity index (χ3v) is 5.22. The van der Waals surface area contributed by atoms with Gasteiger partial charge >= 0.3 is 0 Å². The van der Waals surface area contributed by atoms with Crippen LogP contribution in [0.15, 0.2) is 0 Å². The summed E-state index contributed by atoms with van der Waals surface area (Å²) in [6.07, 6.45) is 0.0179. The number of ether oxygens (including phenoxy) is 3. The summed E-state index contributed by atoms with van der Waals surface area (Å²) in [6.45, 7) is 3.80. The second kappa shape index (κ2) is 2.88. The van der Waals surface area contributed by atoms with Crippen LogP contribution in [0.25, 0.3) is 0 Å². The monoisotopic (exact) mass is 246 g/mol. The van der Waals surface area contributed by atoms with Crippen LogP contribution >= 0.6 is 0 Å². The third kappa shape index (κ3) is 0.948. The van der Waals surface area contributed by atoms with Gasteiger partial charge in [0.15, 0.2) is 23.8 Å². The molecule has 5 heteroatoms. The minimum absolute atomic E-state index is 0.176. The Morgan fingerprint density at radius 2 is 1.39 bits per heavy atom. The standard InChI is InChI=1S/C13H14N2O3/c1-12-10-6(8(4-14)16-12)3-7-9(5-15)17-13(2,18-12)11(7)10/h6-11H,3H2,1-2H3/t6?,7?,8-,9+,10?,11?,12?,13?. The van der Waals surface area contributed by atoms with Gasteiger partial charge in [0.2, 0.25) is 0 Å². The van der Waals surface area contributed by atoms with E-state index in [1.807, 2.05) is 13.8 Å². The molecule has 0 aromatic rings. The second-order valence-corrected chi connectivity index (χ2v) is 6.08. The largest absolute Gasteiger partial charge is 0.331 e. The van der Waals surface area contributed by atoms with E-state index in [2.05, 4.69) is 12.1 Å². The third-order valence-electron chi connectivity index (χ3n) is 5.22. The van der Waals surface area contributed by atoms with E-state index in [1.165, 1.54) is 0 Å². The Hall–Kier alpha value is -1.14. The first-order chi connectivity index (χ1) is 8.52. The van der Waals surface area contributed by atoms with Crippen molar-refractivity contribution in [1.82, 2.24) is 0 Å². The minimum Gasteiger partial charge on any atom is -0.331 e. The molecule has 4 rings (SSSR count). The van der Waals surface area contributed by atoms with Crippen molar-refractivity contribution in [1.29, 1.82) is 10.5 Å². The average Bonchev–Trinajstić information content (AvgIpc) is 2.95. The summed E-state index contributed by atoms with van der Waals surface area (Å²) in [6, 6.07) is 4.45. The highest BCUT2D eigenvalue weighted by Crippen LogP contribution is 2.68. The van der Waals surface area contributed by atoms with Crippen LogP contribution in [0.5, 0.6) is 0 Å². The van der Waals surface area contributed by atoms with Crippen LogP contribution in [-0.2, 0) is 14.2 Å². The lowest BCUT2D eigenvalue weighted by molar-refractivity contribution is -0.304. The molecule has 0 N–H and O–H groups in total. The highest BCUT2D eigenvalue weighted by atomic mass is 16.8. The lowest BCUT2D eigenvalue weighted by Gasteiger charge is -2.28. The van der Waals surface area contributed by atoms with Gasteiger partial charge in [-0.05, 0) is 20.3 Å². The van der Waals surface area contributed by atoms with E-state index < -0.39 is 23.8 Å². The maximum atomic E-state index is 9.19. The molecule has 94 valence electrons. The molecule has 4 fully saturated rings. The first-order valence-corrected chi connectivity index (χ1v) is 6.37. The fourth-order valence-corrected chi connectivity index (χ4v) is 4.86. The lowest BCUT2D eigenvalue weighted by Crippen LogP contribution is -2.36. The molecule has 0 aromatic carbocycles. The normalized spacial score (nSPS) is 63.6. The Morgan fingerprint density at radius 3 is 1.78 bits per heavy atom. The molecule has 0 amide bonds. The van der Waals surface area contributed by atoms with Gasteiger partial charge in [-0.1, -0.05) is 0 Å². The van der Waals surface area contributed by atoms with Gasteiger partial charge < -0.3 is 14.2 Å². The Kier molecular flexibility index (Phi) is 1.72. The van der Waals surface area contributed by atoms with E-state index in [4.69, 9.17) is 14.2 Å². The van der Waals surface area contributed by atoms with Gasteiger partial charge in [0.1, 0.15) is 0 Å². The fourth-order valence-electron chi connectivity index (χ4n) is 4.86. The molecule has 0 radical (unpaired) electrons. The van der Waals surface area contributed by atoms with Crippen molar-refractivity contribution in [3.8, 4) is 12.1 Å². The molecule has 18 heavy (non-hydrogen) atoms. The van der Waals surface area contributed by atoms with E-state index in [0.29, 0.717) is 0 Å². The second-order valence-electron chi connectivity index (χ2n) is 6.08. The Labute approximate surface area is 105 Å². The minimum atomic E-state index is -0.723. The number of hydrogen-bond acceptors (Lipinski definition) is 5. The molecule has 4 aliphatic rings. The molecule has 0 bridgehead atoms. The molecular weight excluding hydrogens is 232 g/mol. The topological polar surface area (TPSA) is 75.3 Å². The van der Waals surface area contributed by atoms with Crippen molar-refractivity contribution in [2.45, 2.75) is 44.1 Å². The maximum Gasteiger partial charge on any atom is 0.174 e. The molecule has 8 atom stereocenters. The molecule has 6 unspecified atom stereocenters. The van der Waals surface area contributed by atoms with Gasteiger partial charge in [-0.15, -0.1) is 0 Å². The Balaban J connectivity index is 1.82. The van der Waals surface area contributed by atoms with E-state index in [1.54, 1.807) is 0 Å². The van der Waals surface area contributed by atoms with Crippen molar-refractivity contribution >= 4 is 0 Å². The zero-order valence-corrected chi connectivity index (χ0v) is 10.3. The number of hydrogen-bond donors (Lipinski definition) is 0. The van der Waals surface area contributed by atoms with E-state index in [9.17, 15) is 10.5 Å². The van der Waals surface area contributed by atoms with Crippen molar-refractivity contribution in [2.75, 3.05) is 0 Å². The average molecular weight is 246 g/mol. The molecule has 1 saturated carbocycles. The van der Waals surface area contributed by atoms with Crippen LogP contribution in [0.2, 0.25) is 0 Å². The summed E-state index contributed by atoms with van der Waals surface area (Å²) in [7, 11) is 0. The zero-order chi connectivity index (χ0) is 12.7. The summed E-state index contributed by atoms with van der Waals surface area (Å²) in [4.78, 5) is 0. The smallest absolute Gasteiger partial charge is 0.174 e. The van der Waals surface area contributed by atoms with E-state index in [0.717, 1.165) is 6.42 Å². The van der Waals surface area contributed by atoms with Gasteiger partial charge in [0.25, 0.3) is 0 Å². The Morgan fingerprint density at radius 1 is 0.944 bits per heavy atom. The summed E-state index contributed by atoms with van der Waals surface area (Å²) in [5.41, 5.74) is 0. The predicted octanol–water partition coefficient (Wildman–Crippen LogP) is 1.16. The highest BCUT2D eigenvalue weighted by molar-refractivity contribution is 5.21. The zero-order valence-electron chi connectivity index (χ0n) is 10.3. The first-order valence-electron chi connectivity index (χ1n) is 6.37. The van der Waals surface area contributed by atoms with E-state index >= 15 is 0 Å². The predicted molar refractivity (Wildman–Crippen MR) is 57.4 cm³/mol. The van der Waals surface area contributed by atoms with Gasteiger partial charge in [-0.25, -0.2) is 0 Å². The number of rotatable bonds is 0. The van der Waals surface area contributed by atoms with Crippen LogP contribution in [0.1, 0.15) is 20.3 Å². The summed E-state index contributed by atoms with van der Waals surface area (Å²) < 4.78 is 17.6. The number of nitriles is 2. The quantitative estimate of drug-likeness (QED) is 0.641. The van der Waals surface area contributed by atoms with Crippen LogP contribution in [0, 0.1) is 46.3 Å². The molecule has 5 nitrogen and oxygen atoms in total. The van der Waals surface area contributed by atoms with E-state index in [-0.39, 0.29) is 23.7 Å². The van der Waals surface area contributed by atoms with Crippen molar-refractivity contribution in [3.63, 3.8) is 0 Å². The summed E-state index contributed by atoms with van der Waals surface area (Å²) >= 11 is 0. The van der Waals surface area contributed by atoms with Gasteiger partial charge in [-0.2, -0.15) is 10.5 Å².